The topological polar surface area (TPSA) is 52.6 Å². The van der Waals surface area contributed by atoms with Crippen molar-refractivity contribution in [3.8, 4) is 0 Å². The Kier molecular flexibility index (Phi) is 8.44. The van der Waals surface area contributed by atoms with Gasteiger partial charge >= 0.3 is 200 Å². The van der Waals surface area contributed by atoms with Crippen LogP contribution in [0.4, 0.5) is 0 Å². The minimum absolute atomic E-state index is 0.306. The molecule has 0 aromatic rings. The van der Waals surface area contributed by atoms with Gasteiger partial charge in [-0.15, -0.1) is 0 Å². The maximum absolute atomic E-state index is 14.0. The van der Waals surface area contributed by atoms with Gasteiger partial charge in [0.15, 0.2) is 0 Å². The number of rotatable bonds is 4. The standard InChI is InChI=1S/2C12H27OSi.Cr.2O/c2*1-10(2,3)14(13,11(4,5)6)12(7,8)9;;;/h2*1-9H3;;;/q2*-1;+2;;. The summed E-state index contributed by atoms with van der Waals surface area (Å²) in [5, 5.41) is -1.84. The molecule has 0 spiro atoms. The molecule has 0 aromatic carbocycles. The first-order chi connectivity index (χ1) is 12.9. The van der Waals surface area contributed by atoms with Crippen molar-refractivity contribution in [1.29, 1.82) is 0 Å². The zero-order valence-electron chi connectivity index (χ0n) is 24.0. The summed E-state index contributed by atoms with van der Waals surface area (Å²) in [6.45, 7) is 38.3. The molecule has 7 heteroatoms. The van der Waals surface area contributed by atoms with Gasteiger partial charge in [-0.2, -0.15) is 0 Å². The first-order valence-corrected chi connectivity index (χ1v) is 17.5. The molecule has 0 bridgehead atoms. The second-order valence-electron chi connectivity index (χ2n) is 15.4. The molecule has 0 aliphatic heterocycles. The molecule has 0 radical (unpaired) electrons. The minimum atomic E-state index is -5.24. The molecule has 0 fully saturated rings. The maximum atomic E-state index is 14.0. The molecule has 0 amide bonds. The monoisotopic (exact) mass is 514 g/mol. The van der Waals surface area contributed by atoms with Crippen LogP contribution >= 0.6 is 0 Å². The Balaban J connectivity index is 7.13. The molecule has 0 atom stereocenters. The van der Waals surface area contributed by atoms with Gasteiger partial charge in [0.05, 0.1) is 0 Å². The Morgan fingerprint density at radius 3 is 0.613 bits per heavy atom. The summed E-state index contributed by atoms with van der Waals surface area (Å²) in [7, 11) is -5.94. The van der Waals surface area contributed by atoms with E-state index in [1.54, 1.807) is 0 Å². The second-order valence-corrected chi connectivity index (χ2v) is 30.3. The zero-order chi connectivity index (χ0) is 25.9. The van der Waals surface area contributed by atoms with E-state index >= 15 is 0 Å². The van der Waals surface area contributed by atoms with Gasteiger partial charge in [-0.1, -0.05) is 0 Å². The van der Waals surface area contributed by atoms with Crippen LogP contribution in [0.25, 0.3) is 0 Å². The van der Waals surface area contributed by atoms with Crippen LogP contribution in [0.3, 0.4) is 0 Å². The summed E-state index contributed by atoms with van der Waals surface area (Å²) >= 11 is -5.24. The number of hydrogen-bond acceptors (Lipinski definition) is 4. The van der Waals surface area contributed by atoms with Crippen molar-refractivity contribution in [2.24, 2.45) is 0 Å². The van der Waals surface area contributed by atoms with Crippen LogP contribution in [0.1, 0.15) is 125 Å². The molecule has 0 N–H and O–H groups in total. The third kappa shape index (κ3) is 5.60. The van der Waals surface area contributed by atoms with Crippen molar-refractivity contribution in [1.82, 2.24) is 0 Å². The van der Waals surface area contributed by atoms with Crippen LogP contribution in [0.2, 0.25) is 30.2 Å². The quantitative estimate of drug-likeness (QED) is 0.351. The molecule has 0 saturated carbocycles. The van der Waals surface area contributed by atoms with Crippen LogP contribution in [-0.4, -0.2) is 16.6 Å². The Labute approximate surface area is 199 Å². The van der Waals surface area contributed by atoms with E-state index in [0.29, 0.717) is 0 Å². The first kappa shape index (κ1) is 31.5. The number of hydrogen-bond donors (Lipinski definition) is 0. The summed E-state index contributed by atoms with van der Waals surface area (Å²) in [4.78, 5) is 0. The fourth-order valence-electron chi connectivity index (χ4n) is 7.82. The fraction of sp³-hybridized carbons (Fsp3) is 1.00. The van der Waals surface area contributed by atoms with E-state index in [0.717, 1.165) is 0 Å². The predicted molar refractivity (Wildman–Crippen MR) is 133 cm³/mol. The molecule has 0 aliphatic rings. The molecule has 0 heterocycles. The molecule has 188 valence electrons. The molecular weight excluding hydrogens is 460 g/mol. The first-order valence-electron chi connectivity index (χ1n) is 11.6. The van der Waals surface area contributed by atoms with Crippen molar-refractivity contribution in [3.63, 3.8) is 0 Å². The van der Waals surface area contributed by atoms with Gasteiger partial charge in [-0.05, 0) is 0 Å². The summed E-state index contributed by atoms with van der Waals surface area (Å²) in [6, 6.07) is 0. The van der Waals surface area contributed by atoms with Crippen LogP contribution in [0, 0.1) is 0 Å². The summed E-state index contributed by atoms with van der Waals surface area (Å²) in [5.74, 6) is 0. The van der Waals surface area contributed by atoms with E-state index < -0.39 is 30.2 Å². The molecule has 0 unspecified atom stereocenters. The van der Waals surface area contributed by atoms with Gasteiger partial charge < -0.3 is 0 Å². The van der Waals surface area contributed by atoms with Gasteiger partial charge in [0.1, 0.15) is 0 Å². The van der Waals surface area contributed by atoms with Crippen molar-refractivity contribution < 1.29 is 28.2 Å². The predicted octanol–water partition coefficient (Wildman–Crippen LogP) is 9.39. The van der Waals surface area contributed by atoms with Gasteiger partial charge in [0.25, 0.3) is 0 Å². The fourth-order valence-corrected chi connectivity index (χ4v) is 33.9. The van der Waals surface area contributed by atoms with E-state index in [1.165, 1.54) is 0 Å². The van der Waals surface area contributed by atoms with E-state index in [2.05, 4.69) is 125 Å². The van der Waals surface area contributed by atoms with Crippen LogP contribution < -0.4 is 0 Å². The summed E-state index contributed by atoms with van der Waals surface area (Å²) in [6.07, 6.45) is 0. The molecule has 0 aliphatic carbocycles. The molecule has 0 rings (SSSR count). The Bertz CT molecular complexity index is 599. The Hall–Kier alpha value is 0.486. The van der Waals surface area contributed by atoms with Crippen molar-refractivity contribution in [2.75, 3.05) is 0 Å². The van der Waals surface area contributed by atoms with E-state index in [9.17, 15) is 7.61 Å². The Morgan fingerprint density at radius 2 is 0.516 bits per heavy atom. The average Bonchev–Trinajstić information content (AvgIpc) is 2.33. The molecule has 0 aromatic heterocycles. The van der Waals surface area contributed by atoms with Crippen LogP contribution in [0.15, 0.2) is 0 Å². The average molecular weight is 515 g/mol. The van der Waals surface area contributed by atoms with Crippen molar-refractivity contribution >= 4 is 16.6 Å². The van der Waals surface area contributed by atoms with Crippen molar-refractivity contribution in [2.45, 2.75) is 155 Å². The molecule has 0 saturated heterocycles. The van der Waals surface area contributed by atoms with Crippen LogP contribution in [-0.2, 0) is 28.2 Å². The van der Waals surface area contributed by atoms with Gasteiger partial charge in [0.2, 0.25) is 0 Å². The van der Waals surface area contributed by atoms with E-state index in [-0.39, 0.29) is 30.2 Å². The van der Waals surface area contributed by atoms with Gasteiger partial charge in [-0.3, -0.25) is 0 Å². The summed E-state index contributed by atoms with van der Waals surface area (Å²) < 4.78 is 41.2. The van der Waals surface area contributed by atoms with E-state index in [1.807, 2.05) is 0 Å². The third-order valence-corrected chi connectivity index (χ3v) is 24.6. The van der Waals surface area contributed by atoms with E-state index in [4.69, 9.17) is 6.96 Å². The Morgan fingerprint density at radius 1 is 0.387 bits per heavy atom. The molecule has 4 nitrogen and oxygen atoms in total. The van der Waals surface area contributed by atoms with Crippen LogP contribution in [0.5, 0.6) is 0 Å². The van der Waals surface area contributed by atoms with Crippen molar-refractivity contribution in [3.05, 3.63) is 0 Å². The second kappa shape index (κ2) is 8.31. The normalized spacial score (nSPS) is 16.6. The molecule has 31 heavy (non-hydrogen) atoms. The SMILES string of the molecule is CC(C)(C)[Si]([O][Cr](=[O])(=[O])[O][Si](C(C)(C)C)(C(C)(C)C)C(C)(C)C)(C(C)(C)C)C(C)(C)C. The zero-order valence-corrected chi connectivity index (χ0v) is 27.3. The van der Waals surface area contributed by atoms with Gasteiger partial charge in [-0.25, -0.2) is 0 Å². The third-order valence-electron chi connectivity index (χ3n) is 6.79. The molecular formula is C24H54CrO4Si2. The van der Waals surface area contributed by atoms with Gasteiger partial charge in [0, 0.05) is 0 Å². The summed E-state index contributed by atoms with van der Waals surface area (Å²) in [5.41, 5.74) is 0.